The Bertz CT molecular complexity index is 585. The number of hydrogen-bond acceptors (Lipinski definition) is 5. The molecule has 0 saturated carbocycles. The molecule has 105 valence electrons. The van der Waals surface area contributed by atoms with E-state index in [-0.39, 0.29) is 12.2 Å². The second kappa shape index (κ2) is 5.42. The number of carbonyl (C=O) groups excluding carboxylic acids is 2. The van der Waals surface area contributed by atoms with E-state index in [9.17, 15) is 19.5 Å². The number of alkyl carbamates (subject to hydrolysis) is 1. The number of aromatic hydroxyl groups is 1. The standard InChI is InChI=1S/C10H11N3O5.Pd/c14-7-1-6(11-4-8(7)15)9(16)12-2-5-3-13-10(17)18-5;/h1,4-5H,2-3H2,(H4,11,12,13,14,15,16,17);/q;+1/p-1. The van der Waals surface area contributed by atoms with Crippen LogP contribution in [0.4, 0.5) is 4.79 Å². The molecule has 9 heteroatoms. The van der Waals surface area contributed by atoms with Gasteiger partial charge in [0.1, 0.15) is 0 Å². The number of aromatic nitrogens is 1. The van der Waals surface area contributed by atoms with Crippen molar-refractivity contribution in [2.24, 2.45) is 0 Å². The van der Waals surface area contributed by atoms with Crippen molar-refractivity contribution < 1.29 is 38.9 Å². The van der Waals surface area contributed by atoms with Crippen LogP contribution >= 0.6 is 0 Å². The zero-order chi connectivity index (χ0) is 14.0. The average molecular weight is 359 g/mol. The van der Waals surface area contributed by atoms with Crippen LogP contribution in [0.2, 0.25) is 0 Å². The van der Waals surface area contributed by atoms with Gasteiger partial charge < -0.3 is 0 Å². The van der Waals surface area contributed by atoms with Gasteiger partial charge in [0, 0.05) is 0 Å². The van der Waals surface area contributed by atoms with E-state index in [1.54, 1.807) is 0 Å². The molecule has 3 N–H and O–H groups in total. The Morgan fingerprint density at radius 3 is 3.00 bits per heavy atom. The van der Waals surface area contributed by atoms with Crippen molar-refractivity contribution in [2.45, 2.75) is 6.10 Å². The number of amides is 2. The molecule has 1 aromatic heterocycles. The van der Waals surface area contributed by atoms with Gasteiger partial charge in [-0.15, -0.1) is 0 Å². The van der Waals surface area contributed by atoms with Crippen LogP contribution in [0.3, 0.4) is 0 Å². The van der Waals surface area contributed by atoms with Crippen molar-refractivity contribution in [3.63, 3.8) is 0 Å². The van der Waals surface area contributed by atoms with Crippen molar-refractivity contribution >= 4 is 12.0 Å². The Morgan fingerprint density at radius 1 is 1.63 bits per heavy atom. The van der Waals surface area contributed by atoms with Gasteiger partial charge in [-0.1, -0.05) is 0 Å². The van der Waals surface area contributed by atoms with Gasteiger partial charge in [0.2, 0.25) is 0 Å². The first-order valence-corrected chi connectivity index (χ1v) is 5.98. The van der Waals surface area contributed by atoms with E-state index in [1.807, 2.05) is 0 Å². The van der Waals surface area contributed by atoms with E-state index in [2.05, 4.69) is 30.1 Å². The van der Waals surface area contributed by atoms with Crippen LogP contribution < -0.4 is 16.1 Å². The molecule has 0 aromatic carbocycles. The van der Waals surface area contributed by atoms with Gasteiger partial charge in [0.05, 0.1) is 0 Å². The Balaban J connectivity index is 2.02. The molecule has 1 aromatic rings. The van der Waals surface area contributed by atoms with Crippen LogP contribution in [-0.2, 0) is 24.2 Å². The molecule has 0 aliphatic carbocycles. The molecule has 1 saturated heterocycles. The average Bonchev–Trinajstić information content (AvgIpc) is 2.77. The summed E-state index contributed by atoms with van der Waals surface area (Å²) < 4.78 is 6.03. The third-order valence-corrected chi connectivity index (χ3v) is 3.01. The molecule has 1 atom stereocenters. The fourth-order valence-electron chi connectivity index (χ4n) is 1.49. The van der Waals surface area contributed by atoms with E-state index in [4.69, 9.17) is 4.74 Å². The topological polar surface area (TPSA) is 110 Å². The number of cyclic esters (lactones) is 1. The molecule has 1 aliphatic rings. The Kier molecular flexibility index (Phi) is 3.88. The second-order valence-corrected chi connectivity index (χ2v) is 4.56. The zero-order valence-corrected chi connectivity index (χ0v) is 11.0. The maximum atomic E-state index is 11.8. The van der Waals surface area contributed by atoms with Crippen molar-refractivity contribution in [1.29, 1.82) is 0 Å². The predicted octanol–water partition coefficient (Wildman–Crippen LogP) is -1.30. The number of carbonyl (C=O) groups is 2. The summed E-state index contributed by atoms with van der Waals surface area (Å²) in [7, 11) is 0. The Labute approximate surface area is 118 Å². The molecule has 19 heavy (non-hydrogen) atoms. The van der Waals surface area contributed by atoms with Crippen LogP contribution in [0.1, 0.15) is 10.5 Å². The summed E-state index contributed by atoms with van der Waals surface area (Å²) in [6.45, 7) is 0.446. The number of nitrogens with one attached hydrogen (secondary N) is 2. The van der Waals surface area contributed by atoms with Gasteiger partial charge in [0.15, 0.2) is 0 Å². The molecule has 1 fully saturated rings. The second-order valence-electron chi connectivity index (χ2n) is 3.81. The van der Waals surface area contributed by atoms with E-state index in [0.717, 1.165) is 12.3 Å². The summed E-state index contributed by atoms with van der Waals surface area (Å²) in [4.78, 5) is 33.9. The minimum absolute atomic E-state index is 0.0445. The summed E-state index contributed by atoms with van der Waals surface area (Å²) in [5.41, 5.74) is -0.607. The van der Waals surface area contributed by atoms with Crippen molar-refractivity contribution in [3.05, 3.63) is 28.2 Å². The van der Waals surface area contributed by atoms with Gasteiger partial charge in [-0.3, -0.25) is 0 Å². The molecule has 2 rings (SSSR count). The monoisotopic (exact) mass is 358 g/mol. The van der Waals surface area contributed by atoms with E-state index in [1.165, 1.54) is 3.20 Å². The van der Waals surface area contributed by atoms with E-state index in [0.29, 0.717) is 6.54 Å². The van der Waals surface area contributed by atoms with Crippen LogP contribution in [0.15, 0.2) is 17.1 Å². The van der Waals surface area contributed by atoms with Crippen LogP contribution in [0, 0.1) is 0 Å². The molecule has 2 amide bonds. The molecule has 1 unspecified atom stereocenters. The minimum atomic E-state index is -0.652. The quantitative estimate of drug-likeness (QED) is 0.582. The van der Waals surface area contributed by atoms with Crippen molar-refractivity contribution in [1.82, 2.24) is 13.8 Å². The number of hydrogen-bond donors (Lipinski definition) is 3. The first-order valence-electron chi connectivity index (χ1n) is 5.29. The maximum absolute atomic E-state index is 11.8. The van der Waals surface area contributed by atoms with Gasteiger partial charge in [-0.2, -0.15) is 0 Å². The number of ether oxygens (including phenoxy) is 1. The number of pyridine rings is 1. The Hall–Kier alpha value is -1.85. The fourth-order valence-corrected chi connectivity index (χ4v) is 1.94. The molecule has 1 aliphatic heterocycles. The molecule has 8 nitrogen and oxygen atoms in total. The van der Waals surface area contributed by atoms with Gasteiger partial charge in [-0.25, -0.2) is 0 Å². The number of rotatable bonds is 3. The summed E-state index contributed by atoms with van der Waals surface area (Å²) in [5.74, 6) is -0.982. The summed E-state index contributed by atoms with van der Waals surface area (Å²) in [6.07, 6.45) is 0.132. The first kappa shape index (κ1) is 13.6. The Morgan fingerprint density at radius 2 is 2.37 bits per heavy atom. The SMILES string of the molecule is O=C1NCC(CNC(=O)c2cc(=O)c(O)c[n]2[Pd])O1. The molecule has 2 heterocycles. The van der Waals surface area contributed by atoms with E-state index >= 15 is 0 Å². The molecule has 0 spiro atoms. The van der Waals surface area contributed by atoms with Gasteiger partial charge >= 0.3 is 118 Å². The van der Waals surface area contributed by atoms with Gasteiger partial charge in [0.25, 0.3) is 0 Å². The zero-order valence-electron chi connectivity index (χ0n) is 9.49. The van der Waals surface area contributed by atoms with Crippen LogP contribution in [0.25, 0.3) is 0 Å². The van der Waals surface area contributed by atoms with Crippen LogP contribution in [-0.4, -0.2) is 39.5 Å². The third-order valence-electron chi connectivity index (χ3n) is 2.43. The molecular weight excluding hydrogens is 349 g/mol. The fraction of sp³-hybridized carbons (Fsp3) is 0.300. The van der Waals surface area contributed by atoms with Crippen molar-refractivity contribution in [2.75, 3.05) is 13.1 Å². The predicted molar refractivity (Wildman–Crippen MR) is 58.4 cm³/mol. The summed E-state index contributed by atoms with van der Waals surface area (Å²) in [6, 6.07) is 1.01. The van der Waals surface area contributed by atoms with E-state index < -0.39 is 29.3 Å². The molecule has 0 radical (unpaired) electrons. The van der Waals surface area contributed by atoms with Crippen LogP contribution in [0.5, 0.6) is 5.75 Å². The molecular formula is C10H10N3O5Pd. The van der Waals surface area contributed by atoms with Crippen molar-refractivity contribution in [3.8, 4) is 5.75 Å². The summed E-state index contributed by atoms with van der Waals surface area (Å²) in [5, 5.41) is 14.2. The van der Waals surface area contributed by atoms with Gasteiger partial charge in [-0.05, 0) is 0 Å². The summed E-state index contributed by atoms with van der Waals surface area (Å²) >= 11 is 2.71. The first-order chi connectivity index (χ1) is 8.97. The number of nitrogens with zero attached hydrogens (tertiary/aromatic N) is 1. The normalized spacial score (nSPS) is 17.8. The third kappa shape index (κ3) is 3.13. The molecule has 0 bridgehead atoms.